The highest BCUT2D eigenvalue weighted by Crippen LogP contribution is 2.60. The van der Waals surface area contributed by atoms with Crippen LogP contribution in [0.5, 0.6) is 0 Å². The highest BCUT2D eigenvalue weighted by atomic mass is 31.3. The van der Waals surface area contributed by atoms with Gasteiger partial charge in [-0.25, -0.2) is 13.9 Å². The van der Waals surface area contributed by atoms with Gasteiger partial charge in [-0.05, 0) is 76.7 Å². The van der Waals surface area contributed by atoms with E-state index in [2.05, 4.69) is 59.6 Å². The van der Waals surface area contributed by atoms with Gasteiger partial charge in [0.15, 0.2) is 12.3 Å². The van der Waals surface area contributed by atoms with E-state index in [-0.39, 0.29) is 18.7 Å². The zero-order chi connectivity index (χ0) is 50.3. The molecule has 3 rings (SSSR count). The molecule has 0 radical (unpaired) electrons. The number of allylic oxidation sites excluding steroid dienone is 7. The molecule has 2 aliphatic rings. The summed E-state index contributed by atoms with van der Waals surface area (Å²) in [5, 5.41) is 20.9. The summed E-state index contributed by atoms with van der Waals surface area (Å²) in [6.07, 6.45) is 30.9. The third kappa shape index (κ3) is 26.6. The van der Waals surface area contributed by atoms with Crippen LogP contribution in [0, 0.1) is 0 Å². The molecule has 0 saturated carbocycles. The summed E-state index contributed by atoms with van der Waals surface area (Å²) in [5.41, 5.74) is 4.58. The molecule has 21 heteroatoms. The molecule has 2 saturated heterocycles. The predicted molar refractivity (Wildman–Crippen MR) is 260 cm³/mol. The fraction of sp³-hybridized carbons (Fsp3) is 0.708. The number of phosphoric ester groups is 2. The molecule has 4 unspecified atom stereocenters. The standard InChI is InChI=1S/C48H79N3O16P2/c1-3-5-7-8-9-10-11-12-13-17-20-23-27-31-43(52)61-35-38(64-44(53)32-28-24-21-18-15-14-16-19-22-26-30-40-39(65-40)29-25-6-4-2)36-62-68(57,58)67-69(59,60)63-37-41-45(54)46(55)47(66-41)51-34-33-42(49)50-48(51)56/h10-11,14,16,18,21-22,26,33-34,38-41,45-47,54-55H,3-9,12-13,15,17,19-20,23-25,27-32,35-37H2,1-2H3,(H,57,58)(H,59,60)(H2,49,50,56)/b11-10-,16-14-,21-18-,26-22-/t38-,39?,40?,41-,45-,46-,47-/m1/s1. The monoisotopic (exact) mass is 1020 g/mol. The average Bonchev–Trinajstić information content (AvgIpc) is 3.99. The summed E-state index contributed by atoms with van der Waals surface area (Å²) in [6.45, 7) is 2.03. The van der Waals surface area contributed by atoms with E-state index in [1.54, 1.807) is 0 Å². The number of hydrogen-bond donors (Lipinski definition) is 5. The third-order valence-corrected chi connectivity index (χ3v) is 13.9. The number of aliphatic hydroxyl groups is 2. The molecule has 19 nitrogen and oxygen atoms in total. The lowest BCUT2D eigenvalue weighted by molar-refractivity contribution is -0.161. The molecule has 0 spiro atoms. The van der Waals surface area contributed by atoms with Crippen LogP contribution in [0.1, 0.15) is 161 Å². The number of nitrogen functional groups attached to an aromatic ring is 1. The molecule has 0 aromatic carbocycles. The van der Waals surface area contributed by atoms with Gasteiger partial charge in [-0.2, -0.15) is 9.29 Å². The SMILES string of the molecule is CCCCCC/C=C\CCCCCCCC(=O)OC[C@H](COP(=O)(O)OP(=O)(O)OC[C@H]1O[C@@H](n2ccc(N)nc2=O)[C@H](O)[C@@H]1O)OC(=O)CCC/C=C\C/C=C\C/C=C\CC1OC1CCCCC. The topological polar surface area (TPSA) is 278 Å². The van der Waals surface area contributed by atoms with Crippen LogP contribution in [0.4, 0.5) is 5.82 Å². The maximum Gasteiger partial charge on any atom is 0.481 e. The van der Waals surface area contributed by atoms with E-state index in [9.17, 15) is 43.5 Å². The molecule has 3 heterocycles. The number of hydrogen-bond acceptors (Lipinski definition) is 16. The minimum Gasteiger partial charge on any atom is -0.462 e. The second-order valence-electron chi connectivity index (χ2n) is 17.3. The first kappa shape index (κ1) is 60.0. The first-order valence-corrected chi connectivity index (χ1v) is 27.8. The number of ether oxygens (including phenoxy) is 4. The van der Waals surface area contributed by atoms with Gasteiger partial charge in [0.05, 0.1) is 25.4 Å². The summed E-state index contributed by atoms with van der Waals surface area (Å²) in [6, 6.07) is 1.24. The molecule has 6 N–H and O–H groups in total. The molecule has 9 atom stereocenters. The molecule has 0 bridgehead atoms. The summed E-state index contributed by atoms with van der Waals surface area (Å²) >= 11 is 0. The van der Waals surface area contributed by atoms with Gasteiger partial charge < -0.3 is 44.7 Å². The number of nitrogens with zero attached hydrogens (tertiary/aromatic N) is 2. The normalized spacial score (nSPS) is 22.7. The molecule has 2 fully saturated rings. The number of esters is 2. The van der Waals surface area contributed by atoms with Gasteiger partial charge in [0.25, 0.3) is 0 Å². The Morgan fingerprint density at radius 3 is 2.03 bits per heavy atom. The average molecular weight is 1020 g/mol. The smallest absolute Gasteiger partial charge is 0.462 e. The Hall–Kier alpha value is -3.32. The van der Waals surface area contributed by atoms with E-state index in [1.807, 2.05) is 12.2 Å². The van der Waals surface area contributed by atoms with Crippen molar-refractivity contribution in [3.8, 4) is 0 Å². The molecule has 1 aromatic heterocycles. The Morgan fingerprint density at radius 1 is 0.725 bits per heavy atom. The maximum atomic E-state index is 12.8. The van der Waals surface area contributed by atoms with Crippen molar-refractivity contribution in [2.75, 3.05) is 25.6 Å². The molecule has 0 amide bonds. The number of aliphatic hydroxyl groups excluding tert-OH is 2. The lowest BCUT2D eigenvalue weighted by atomic mass is 10.1. The third-order valence-electron chi connectivity index (χ3n) is 11.3. The summed E-state index contributed by atoms with van der Waals surface area (Å²) in [7, 11) is -10.9. The second-order valence-corrected chi connectivity index (χ2v) is 20.4. The number of carbonyl (C=O) groups excluding carboxylic acids is 2. The minimum absolute atomic E-state index is 0.0323. The molecular formula is C48H79N3O16P2. The van der Waals surface area contributed by atoms with E-state index < -0.39 is 83.7 Å². The van der Waals surface area contributed by atoms with Crippen LogP contribution in [0.2, 0.25) is 0 Å². The summed E-state index contributed by atoms with van der Waals surface area (Å²) < 4.78 is 62.4. The van der Waals surface area contributed by atoms with Crippen LogP contribution in [0.15, 0.2) is 65.7 Å². The molecule has 1 aromatic rings. The lowest BCUT2D eigenvalue weighted by Crippen LogP contribution is -2.36. The minimum atomic E-state index is -5.44. The van der Waals surface area contributed by atoms with Crippen molar-refractivity contribution < 1.29 is 71.0 Å². The summed E-state index contributed by atoms with van der Waals surface area (Å²) in [5.74, 6) is -1.38. The number of carbonyl (C=O) groups is 2. The van der Waals surface area contributed by atoms with Crippen LogP contribution in [-0.2, 0) is 51.0 Å². The van der Waals surface area contributed by atoms with E-state index in [4.69, 9.17) is 33.7 Å². The first-order valence-electron chi connectivity index (χ1n) is 24.8. The van der Waals surface area contributed by atoms with Gasteiger partial charge in [0.1, 0.15) is 30.7 Å². The number of nitrogens with two attached hydrogens (primary N) is 1. The van der Waals surface area contributed by atoms with Gasteiger partial charge in [-0.1, -0.05) is 120 Å². The molecular weight excluding hydrogens is 936 g/mol. The van der Waals surface area contributed by atoms with Gasteiger partial charge in [0, 0.05) is 19.0 Å². The largest absolute Gasteiger partial charge is 0.481 e. The number of aromatic nitrogens is 2. The molecule has 392 valence electrons. The highest BCUT2D eigenvalue weighted by molar-refractivity contribution is 7.61. The first-order chi connectivity index (χ1) is 33.1. The van der Waals surface area contributed by atoms with Crippen LogP contribution < -0.4 is 11.4 Å². The van der Waals surface area contributed by atoms with Gasteiger partial charge >= 0.3 is 33.3 Å². The molecule has 69 heavy (non-hydrogen) atoms. The molecule has 2 aliphatic heterocycles. The number of phosphoric acid groups is 2. The zero-order valence-electron chi connectivity index (χ0n) is 40.5. The quantitative estimate of drug-likeness (QED) is 0.0135. The van der Waals surface area contributed by atoms with Crippen molar-refractivity contribution in [3.63, 3.8) is 0 Å². The van der Waals surface area contributed by atoms with Crippen LogP contribution in [0.25, 0.3) is 0 Å². The fourth-order valence-corrected chi connectivity index (χ4v) is 9.44. The van der Waals surface area contributed by atoms with Crippen LogP contribution in [0.3, 0.4) is 0 Å². The van der Waals surface area contributed by atoms with Crippen molar-refractivity contribution in [2.45, 2.75) is 198 Å². The number of epoxide rings is 1. The predicted octanol–water partition coefficient (Wildman–Crippen LogP) is 8.76. The second kappa shape index (κ2) is 34.1. The summed E-state index contributed by atoms with van der Waals surface area (Å²) in [4.78, 5) is 61.8. The zero-order valence-corrected chi connectivity index (χ0v) is 42.3. The lowest BCUT2D eigenvalue weighted by Gasteiger charge is -2.21. The van der Waals surface area contributed by atoms with Crippen molar-refractivity contribution in [3.05, 3.63) is 71.4 Å². The maximum absolute atomic E-state index is 12.8. The van der Waals surface area contributed by atoms with Crippen molar-refractivity contribution in [1.82, 2.24) is 9.55 Å². The van der Waals surface area contributed by atoms with Gasteiger partial charge in [-0.3, -0.25) is 23.2 Å². The van der Waals surface area contributed by atoms with Crippen LogP contribution >= 0.6 is 15.6 Å². The number of unbranched alkanes of at least 4 members (excludes halogenated alkanes) is 12. The molecule has 0 aliphatic carbocycles. The number of anilines is 1. The van der Waals surface area contributed by atoms with Crippen molar-refractivity contribution >= 4 is 33.4 Å². The van der Waals surface area contributed by atoms with Gasteiger partial charge in [-0.15, -0.1) is 0 Å². The van der Waals surface area contributed by atoms with E-state index >= 15 is 0 Å². The Labute approximate surface area is 407 Å². The van der Waals surface area contributed by atoms with E-state index in [0.29, 0.717) is 31.5 Å². The number of rotatable bonds is 39. The Balaban J connectivity index is 1.42. The fourth-order valence-electron chi connectivity index (χ4n) is 7.33. The van der Waals surface area contributed by atoms with Crippen molar-refractivity contribution in [1.29, 1.82) is 0 Å². The van der Waals surface area contributed by atoms with E-state index in [0.717, 1.165) is 75.0 Å². The van der Waals surface area contributed by atoms with Crippen molar-refractivity contribution in [2.24, 2.45) is 0 Å². The Morgan fingerprint density at radius 2 is 1.32 bits per heavy atom. The highest BCUT2D eigenvalue weighted by Gasteiger charge is 2.46. The van der Waals surface area contributed by atoms with E-state index in [1.165, 1.54) is 51.0 Å². The Kier molecular flexibility index (Phi) is 29.7. The Bertz CT molecular complexity index is 1910. The van der Waals surface area contributed by atoms with Crippen LogP contribution in [-0.4, -0.2) is 97.9 Å². The van der Waals surface area contributed by atoms with Gasteiger partial charge in [0.2, 0.25) is 0 Å².